The molecule has 0 aliphatic carbocycles. The molecule has 0 saturated carbocycles. The molecule has 7 heteroatoms. The third-order valence-corrected chi connectivity index (χ3v) is 2.42. The first kappa shape index (κ1) is 16.0. The molecule has 0 fully saturated rings. The van der Waals surface area contributed by atoms with Crippen molar-refractivity contribution >= 4 is 23.2 Å². The van der Waals surface area contributed by atoms with Crippen molar-refractivity contribution in [1.82, 2.24) is 10.6 Å². The minimum Gasteiger partial charge on any atom is -0.399 e. The minimum absolute atomic E-state index is 0.0605. The topological polar surface area (TPSA) is 120 Å². The molecule has 1 aromatic carbocycles. The van der Waals surface area contributed by atoms with Crippen LogP contribution >= 0.6 is 0 Å². The summed E-state index contributed by atoms with van der Waals surface area (Å²) < 4.78 is 0. The molecule has 0 saturated heterocycles. The number of benzene rings is 1. The lowest BCUT2D eigenvalue weighted by atomic mass is 10.2. The van der Waals surface area contributed by atoms with Gasteiger partial charge in [0.25, 0.3) is 5.91 Å². The highest BCUT2D eigenvalue weighted by atomic mass is 16.2. The van der Waals surface area contributed by atoms with Crippen LogP contribution in [0.4, 0.5) is 11.4 Å². The van der Waals surface area contributed by atoms with Gasteiger partial charge in [-0.25, -0.2) is 0 Å². The Bertz CT molecular complexity index is 572. The molecule has 110 valence electrons. The minimum atomic E-state index is -0.519. The summed E-state index contributed by atoms with van der Waals surface area (Å²) in [5, 5.41) is 16.9. The summed E-state index contributed by atoms with van der Waals surface area (Å²) in [4.78, 5) is 22.5. The van der Waals surface area contributed by atoms with Crippen LogP contribution in [0.25, 0.3) is 0 Å². The van der Waals surface area contributed by atoms with Gasteiger partial charge in [-0.05, 0) is 24.3 Å². The molecule has 21 heavy (non-hydrogen) atoms. The largest absolute Gasteiger partial charge is 0.399 e. The summed E-state index contributed by atoms with van der Waals surface area (Å²) in [7, 11) is 0. The average Bonchev–Trinajstić information content (AvgIpc) is 2.45. The third-order valence-electron chi connectivity index (χ3n) is 2.42. The molecule has 0 heterocycles. The number of carbonyl (C=O) groups excluding carboxylic acids is 2. The van der Waals surface area contributed by atoms with Crippen molar-refractivity contribution in [3.05, 3.63) is 36.0 Å². The molecule has 0 spiro atoms. The van der Waals surface area contributed by atoms with Gasteiger partial charge in [-0.2, -0.15) is 5.26 Å². The smallest absolute Gasteiger partial charge is 0.267 e. The van der Waals surface area contributed by atoms with E-state index >= 15 is 0 Å². The average molecular weight is 287 g/mol. The Hall–Kier alpha value is -3.01. The Morgan fingerprint density at radius 3 is 2.52 bits per heavy atom. The van der Waals surface area contributed by atoms with Crippen LogP contribution in [0.1, 0.15) is 6.92 Å². The molecule has 5 N–H and O–H groups in total. The standard InChI is InChI=1S/C14H17N5O2/c1-10(20)18-7-6-17-9-11(8-15)14(21)19-13-4-2-12(16)3-5-13/h2-5,9,17H,6-7,16H2,1H3,(H,18,20)(H,19,21)/b11-9-. The number of rotatable bonds is 6. The molecule has 1 rings (SSSR count). The van der Waals surface area contributed by atoms with E-state index in [1.54, 1.807) is 24.3 Å². The summed E-state index contributed by atoms with van der Waals surface area (Å²) in [6.45, 7) is 2.24. The van der Waals surface area contributed by atoms with Gasteiger partial charge in [0.05, 0.1) is 0 Å². The van der Waals surface area contributed by atoms with E-state index in [9.17, 15) is 9.59 Å². The predicted molar refractivity (Wildman–Crippen MR) is 79.9 cm³/mol. The number of hydrogen-bond acceptors (Lipinski definition) is 5. The Morgan fingerprint density at radius 2 is 1.95 bits per heavy atom. The molecule has 2 amide bonds. The van der Waals surface area contributed by atoms with Crippen molar-refractivity contribution in [3.8, 4) is 6.07 Å². The van der Waals surface area contributed by atoms with E-state index in [4.69, 9.17) is 11.0 Å². The van der Waals surface area contributed by atoms with Crippen LogP contribution in [0.15, 0.2) is 36.0 Å². The van der Waals surface area contributed by atoms with Crippen LogP contribution in [0.5, 0.6) is 0 Å². The van der Waals surface area contributed by atoms with Gasteiger partial charge in [-0.3, -0.25) is 9.59 Å². The normalized spacial score (nSPS) is 10.4. The van der Waals surface area contributed by atoms with Gasteiger partial charge in [0, 0.05) is 37.6 Å². The number of nitrogen functional groups attached to an aromatic ring is 1. The molecule has 0 unspecified atom stereocenters. The zero-order valence-corrected chi connectivity index (χ0v) is 11.6. The SMILES string of the molecule is CC(=O)NCCN/C=C(/C#N)C(=O)Nc1ccc(N)cc1. The lowest BCUT2D eigenvalue weighted by molar-refractivity contribution is -0.119. The van der Waals surface area contributed by atoms with Gasteiger partial charge >= 0.3 is 0 Å². The van der Waals surface area contributed by atoms with Crippen LogP contribution in [0, 0.1) is 11.3 Å². The molecule has 0 bridgehead atoms. The molecule has 0 aromatic heterocycles. The van der Waals surface area contributed by atoms with Gasteiger partial charge in [0.15, 0.2) is 0 Å². The molecule has 0 aliphatic rings. The number of carbonyl (C=O) groups is 2. The second kappa shape index (κ2) is 8.22. The summed E-state index contributed by atoms with van der Waals surface area (Å²) in [6, 6.07) is 8.40. The summed E-state index contributed by atoms with van der Waals surface area (Å²) >= 11 is 0. The number of hydrogen-bond donors (Lipinski definition) is 4. The number of nitrogens with one attached hydrogen (secondary N) is 3. The first-order valence-corrected chi connectivity index (χ1v) is 6.28. The van der Waals surface area contributed by atoms with E-state index in [0.717, 1.165) is 0 Å². The van der Waals surface area contributed by atoms with Gasteiger partial charge in [-0.15, -0.1) is 0 Å². The summed E-state index contributed by atoms with van der Waals surface area (Å²) in [5.41, 5.74) is 6.62. The summed E-state index contributed by atoms with van der Waals surface area (Å²) in [6.07, 6.45) is 1.31. The third kappa shape index (κ3) is 6.11. The zero-order chi connectivity index (χ0) is 15.7. The lowest BCUT2D eigenvalue weighted by Crippen LogP contribution is -2.28. The molecule has 0 aliphatic heterocycles. The van der Waals surface area contributed by atoms with Crippen molar-refractivity contribution in [3.63, 3.8) is 0 Å². The highest BCUT2D eigenvalue weighted by Crippen LogP contribution is 2.11. The van der Waals surface area contributed by atoms with E-state index in [1.165, 1.54) is 13.1 Å². The molecule has 0 atom stereocenters. The number of amides is 2. The number of nitrogens with zero attached hydrogens (tertiary/aromatic N) is 1. The Kier molecular flexibility index (Phi) is 6.28. The van der Waals surface area contributed by atoms with E-state index in [2.05, 4.69) is 16.0 Å². The number of nitriles is 1. The van der Waals surface area contributed by atoms with Crippen molar-refractivity contribution in [2.75, 3.05) is 24.1 Å². The molecular weight excluding hydrogens is 270 g/mol. The van der Waals surface area contributed by atoms with Crippen molar-refractivity contribution in [2.24, 2.45) is 0 Å². The lowest BCUT2D eigenvalue weighted by Gasteiger charge is -2.05. The van der Waals surface area contributed by atoms with Crippen molar-refractivity contribution < 1.29 is 9.59 Å². The van der Waals surface area contributed by atoms with E-state index < -0.39 is 5.91 Å². The number of anilines is 2. The molecule has 0 radical (unpaired) electrons. The highest BCUT2D eigenvalue weighted by molar-refractivity contribution is 6.06. The Labute approximate surface area is 122 Å². The van der Waals surface area contributed by atoms with Crippen LogP contribution in [-0.4, -0.2) is 24.9 Å². The predicted octanol–water partition coefficient (Wildman–Crippen LogP) is 0.340. The highest BCUT2D eigenvalue weighted by Gasteiger charge is 2.08. The van der Waals surface area contributed by atoms with E-state index in [-0.39, 0.29) is 11.5 Å². The van der Waals surface area contributed by atoms with Crippen LogP contribution < -0.4 is 21.7 Å². The van der Waals surface area contributed by atoms with Gasteiger partial charge < -0.3 is 21.7 Å². The maximum atomic E-state index is 11.9. The maximum Gasteiger partial charge on any atom is 0.267 e. The fourth-order valence-electron chi connectivity index (χ4n) is 1.40. The van der Waals surface area contributed by atoms with Crippen molar-refractivity contribution in [2.45, 2.75) is 6.92 Å². The van der Waals surface area contributed by atoms with Gasteiger partial charge in [0.2, 0.25) is 5.91 Å². The summed E-state index contributed by atoms with van der Waals surface area (Å²) in [5.74, 6) is -0.656. The quantitative estimate of drug-likeness (QED) is 0.260. The first-order valence-electron chi connectivity index (χ1n) is 6.28. The van der Waals surface area contributed by atoms with E-state index in [0.29, 0.717) is 24.5 Å². The Morgan fingerprint density at radius 1 is 1.29 bits per heavy atom. The first-order chi connectivity index (χ1) is 10.0. The fraction of sp³-hybridized carbons (Fsp3) is 0.214. The van der Waals surface area contributed by atoms with Gasteiger partial charge in [0.1, 0.15) is 11.6 Å². The van der Waals surface area contributed by atoms with Crippen LogP contribution in [0.3, 0.4) is 0 Å². The van der Waals surface area contributed by atoms with Crippen LogP contribution in [0.2, 0.25) is 0 Å². The van der Waals surface area contributed by atoms with Crippen molar-refractivity contribution in [1.29, 1.82) is 5.26 Å². The van der Waals surface area contributed by atoms with Gasteiger partial charge in [-0.1, -0.05) is 0 Å². The maximum absolute atomic E-state index is 11.9. The molecular formula is C14H17N5O2. The zero-order valence-electron chi connectivity index (χ0n) is 11.6. The van der Waals surface area contributed by atoms with E-state index in [1.807, 2.05) is 6.07 Å². The fourth-order valence-corrected chi connectivity index (χ4v) is 1.40. The monoisotopic (exact) mass is 287 g/mol. The van der Waals surface area contributed by atoms with Crippen LogP contribution in [-0.2, 0) is 9.59 Å². The molecule has 7 nitrogen and oxygen atoms in total. The molecule has 1 aromatic rings. The second-order valence-electron chi connectivity index (χ2n) is 4.18. The second-order valence-corrected chi connectivity index (χ2v) is 4.18. The number of nitrogens with two attached hydrogens (primary N) is 1. The Balaban J connectivity index is 2.51.